The van der Waals surface area contributed by atoms with Crippen LogP contribution < -0.4 is 0 Å². The molecule has 0 spiro atoms. The van der Waals surface area contributed by atoms with Crippen LogP contribution in [0.1, 0.15) is 6.42 Å². The Morgan fingerprint density at radius 3 is 1.82 bits per heavy atom. The molecule has 0 nitrogen and oxygen atoms in total. The van der Waals surface area contributed by atoms with Crippen molar-refractivity contribution < 1.29 is 12.4 Å². The zero-order chi connectivity index (χ0) is 8.81. The van der Waals surface area contributed by atoms with Crippen LogP contribution in [0.3, 0.4) is 0 Å². The van der Waals surface area contributed by atoms with Gasteiger partial charge >= 0.3 is 68.8 Å². The van der Waals surface area contributed by atoms with Crippen molar-refractivity contribution in [2.75, 3.05) is 0 Å². The second kappa shape index (κ2) is 1.71. The molecule has 0 heterocycles. The molecule has 1 heteroatoms. The van der Waals surface area contributed by atoms with Gasteiger partial charge in [-0.15, -0.1) is 0 Å². The Labute approximate surface area is 69.0 Å². The normalized spacial score (nSPS) is 24.3. The van der Waals surface area contributed by atoms with Gasteiger partial charge in [0.1, 0.15) is 0 Å². The molecule has 0 atom stereocenters. The van der Waals surface area contributed by atoms with Gasteiger partial charge in [-0.2, -0.15) is 0 Å². The molecule has 0 unspecified atom stereocenters. The number of hydrogen-bond donors (Lipinski definition) is 0. The van der Waals surface area contributed by atoms with E-state index in [4.69, 9.17) is 0 Å². The second-order valence-corrected chi connectivity index (χ2v) is 28.5. The first-order chi connectivity index (χ1) is 4.59. The molecule has 11 heavy (non-hydrogen) atoms. The van der Waals surface area contributed by atoms with Crippen molar-refractivity contribution in [3.63, 3.8) is 0 Å². The van der Waals surface area contributed by atoms with Crippen LogP contribution in [0.15, 0.2) is 22.4 Å². The van der Waals surface area contributed by atoms with Crippen LogP contribution in [0, 0.1) is 0 Å². The van der Waals surface area contributed by atoms with Gasteiger partial charge < -0.3 is 0 Å². The summed E-state index contributed by atoms with van der Waals surface area (Å²) >= 11 is -2.47. The monoisotopic (exact) mass is 242 g/mol. The molecule has 0 saturated carbocycles. The van der Waals surface area contributed by atoms with E-state index < -0.39 is 12.4 Å². The Bertz CT molecular complexity index is 232. The molecule has 0 saturated heterocycles. The summed E-state index contributed by atoms with van der Waals surface area (Å²) in [4.78, 5) is 0. The Balaban J connectivity index is 3.11. The molecule has 1 aliphatic carbocycles. The molecule has 0 aromatic rings. The molecule has 0 aromatic carbocycles. The van der Waals surface area contributed by atoms with E-state index in [2.05, 4.69) is 45.8 Å². The van der Waals surface area contributed by atoms with Crippen LogP contribution in [0.2, 0.25) is 27.6 Å². The van der Waals surface area contributed by atoms with Gasteiger partial charge in [-0.3, -0.25) is 0 Å². The van der Waals surface area contributed by atoms with Gasteiger partial charge in [-0.1, -0.05) is 0 Å². The third kappa shape index (κ3) is 2.27. The van der Waals surface area contributed by atoms with E-state index in [-0.39, 0.29) is 0 Å². The van der Waals surface area contributed by atoms with Gasteiger partial charge in [0, 0.05) is 0 Å². The summed E-state index contributed by atoms with van der Waals surface area (Å²) in [5, 5.41) is 0. The minimum atomic E-state index is -2.47. The van der Waals surface area contributed by atoms with Crippen molar-refractivity contribution in [3.8, 4) is 0 Å². The van der Waals surface area contributed by atoms with Gasteiger partial charge in [0.25, 0.3) is 0 Å². The van der Waals surface area contributed by atoms with Crippen LogP contribution in [0.5, 0.6) is 0 Å². The SMILES string of the molecule is [CH3][Ru]([CH3])([CH3])([CH3])([CH3])[C]1=CC=CC1. The van der Waals surface area contributed by atoms with Crippen molar-refractivity contribution in [1.29, 1.82) is 0 Å². The summed E-state index contributed by atoms with van der Waals surface area (Å²) in [6, 6.07) is 0. The van der Waals surface area contributed by atoms with Crippen LogP contribution in [0.25, 0.3) is 0 Å². The van der Waals surface area contributed by atoms with E-state index in [1.165, 1.54) is 6.42 Å². The van der Waals surface area contributed by atoms with E-state index >= 15 is 0 Å². The molecule has 0 bridgehead atoms. The second-order valence-electron chi connectivity index (χ2n) is 5.65. The van der Waals surface area contributed by atoms with Crippen LogP contribution >= 0.6 is 0 Å². The van der Waals surface area contributed by atoms with Gasteiger partial charge in [0.05, 0.1) is 0 Å². The first kappa shape index (κ1) is 9.19. The predicted molar refractivity (Wildman–Crippen MR) is 51.2 cm³/mol. The molecule has 0 fully saturated rings. The summed E-state index contributed by atoms with van der Waals surface area (Å²) in [6.45, 7) is 0. The van der Waals surface area contributed by atoms with Crippen LogP contribution in [-0.2, 0) is 12.4 Å². The summed E-state index contributed by atoms with van der Waals surface area (Å²) < 4.78 is 1.69. The molecule has 0 radical (unpaired) electrons. The Morgan fingerprint density at radius 2 is 1.64 bits per heavy atom. The fourth-order valence-corrected chi connectivity index (χ4v) is 4.67. The number of allylic oxidation sites excluding steroid dienone is 4. The van der Waals surface area contributed by atoms with Crippen molar-refractivity contribution in [1.82, 2.24) is 0 Å². The molecule has 0 amide bonds. The fourth-order valence-electron chi connectivity index (χ4n) is 1.07. The van der Waals surface area contributed by atoms with E-state index in [1.54, 1.807) is 4.17 Å². The third-order valence-electron chi connectivity index (χ3n) is 1.85. The van der Waals surface area contributed by atoms with Gasteiger partial charge in [0.15, 0.2) is 0 Å². The molecule has 0 aliphatic heterocycles. The Hall–Kier alpha value is 0.103. The molecule has 0 aromatic heterocycles. The maximum absolute atomic E-state index is 2.47. The molecular weight excluding hydrogens is 221 g/mol. The van der Waals surface area contributed by atoms with Gasteiger partial charge in [-0.25, -0.2) is 0 Å². The summed E-state index contributed by atoms with van der Waals surface area (Å²) in [5.74, 6) is 0. The summed E-state index contributed by atoms with van der Waals surface area (Å²) in [6.07, 6.45) is 7.97. The van der Waals surface area contributed by atoms with Crippen LogP contribution in [0.4, 0.5) is 0 Å². The molecule has 1 rings (SSSR count). The predicted octanol–water partition coefficient (Wildman–Crippen LogP) is 4.30. The first-order valence-electron chi connectivity index (χ1n) is 3.66. The quantitative estimate of drug-likeness (QED) is 0.601. The van der Waals surface area contributed by atoms with Crippen LogP contribution in [-0.4, -0.2) is 0 Å². The molecule has 68 valence electrons. The number of rotatable bonds is 1. The molecular formula is C10H20Ru. The van der Waals surface area contributed by atoms with E-state index in [0.29, 0.717) is 0 Å². The molecule has 1 aliphatic rings. The topological polar surface area (TPSA) is 0 Å². The third-order valence-corrected chi connectivity index (χ3v) is 8.08. The minimum absolute atomic E-state index is 1.19. The van der Waals surface area contributed by atoms with Crippen molar-refractivity contribution in [2.24, 2.45) is 0 Å². The van der Waals surface area contributed by atoms with E-state index in [9.17, 15) is 0 Å². The summed E-state index contributed by atoms with van der Waals surface area (Å²) in [5.41, 5.74) is 12.4. The zero-order valence-electron chi connectivity index (χ0n) is 8.29. The number of hydrogen-bond acceptors (Lipinski definition) is 0. The van der Waals surface area contributed by atoms with E-state index in [0.717, 1.165) is 0 Å². The molecule has 0 N–H and O–H groups in total. The maximum atomic E-state index is 2.47. The Kier molecular flexibility index (Phi) is 1.43. The fraction of sp³-hybridized carbons (Fsp3) is 0.600. The first-order valence-corrected chi connectivity index (χ1v) is 13.2. The van der Waals surface area contributed by atoms with Gasteiger partial charge in [-0.05, 0) is 0 Å². The average Bonchev–Trinajstić information content (AvgIpc) is 2.01. The van der Waals surface area contributed by atoms with Gasteiger partial charge in [0.2, 0.25) is 0 Å². The Morgan fingerprint density at radius 1 is 1.09 bits per heavy atom. The average molecular weight is 241 g/mol. The standard InChI is InChI=1S/C5H5.5CH3.Ru/c1-2-4-5-3-1;;;;;;/h1-3H,4H2;5*1H3;. The van der Waals surface area contributed by atoms with Crippen molar-refractivity contribution in [2.45, 2.75) is 34.0 Å². The van der Waals surface area contributed by atoms with Crippen molar-refractivity contribution >= 4 is 0 Å². The zero-order valence-corrected chi connectivity index (χ0v) is 10.0. The summed E-state index contributed by atoms with van der Waals surface area (Å²) in [7, 11) is 0. The van der Waals surface area contributed by atoms with Crippen molar-refractivity contribution in [3.05, 3.63) is 22.4 Å². The van der Waals surface area contributed by atoms with E-state index in [1.807, 2.05) is 0 Å².